The van der Waals surface area contributed by atoms with Gasteiger partial charge in [-0.25, -0.2) is 9.59 Å². The molecule has 0 saturated carbocycles. The van der Waals surface area contributed by atoms with Crippen molar-refractivity contribution in [2.75, 3.05) is 33.8 Å². The molecule has 0 atom stereocenters. The van der Waals surface area contributed by atoms with Crippen LogP contribution in [0.5, 0.6) is 0 Å². The lowest BCUT2D eigenvalue weighted by atomic mass is 10.4. The predicted molar refractivity (Wildman–Crippen MR) is 50.6 cm³/mol. The van der Waals surface area contributed by atoms with Gasteiger partial charge in [0.25, 0.3) is 0 Å². The van der Waals surface area contributed by atoms with Crippen molar-refractivity contribution in [3.63, 3.8) is 0 Å². The number of rotatable bonds is 6. The van der Waals surface area contributed by atoms with Gasteiger partial charge in [-0.15, -0.1) is 0 Å². The summed E-state index contributed by atoms with van der Waals surface area (Å²) in [6, 6.07) is 0. The first-order chi connectivity index (χ1) is 6.37. The Hall–Kier alpha value is -1.36. The van der Waals surface area contributed by atoms with E-state index in [0.717, 1.165) is 6.08 Å². The van der Waals surface area contributed by atoms with E-state index in [1.54, 1.807) is 14.1 Å². The molecule has 0 aromatic heterocycles. The Morgan fingerprint density at radius 3 is 2.50 bits per heavy atom. The highest BCUT2D eigenvalue weighted by atomic mass is 16.5. The van der Waals surface area contributed by atoms with Gasteiger partial charge in [-0.2, -0.15) is 0 Å². The molecule has 0 fully saturated rings. The zero-order chi connectivity index (χ0) is 11.2. The van der Waals surface area contributed by atoms with Crippen molar-refractivity contribution in [2.45, 2.75) is 0 Å². The second-order valence-corrected chi connectivity index (χ2v) is 3.58. The van der Waals surface area contributed by atoms with Crippen LogP contribution in [-0.2, 0) is 14.3 Å². The van der Waals surface area contributed by atoms with E-state index in [1.165, 1.54) is 0 Å². The van der Waals surface area contributed by atoms with Gasteiger partial charge in [-0.3, -0.25) is 0 Å². The maximum absolute atomic E-state index is 10.7. The lowest BCUT2D eigenvalue weighted by Gasteiger charge is -2.27. The van der Waals surface area contributed by atoms with Crippen molar-refractivity contribution in [1.82, 2.24) is 0 Å². The number of ether oxygens (including phenoxy) is 1. The zero-order valence-electron chi connectivity index (χ0n) is 8.52. The normalized spacial score (nSPS) is 10.7. The quantitative estimate of drug-likeness (QED) is 0.370. The smallest absolute Gasteiger partial charge is 0.359 e. The van der Waals surface area contributed by atoms with E-state index in [1.807, 2.05) is 0 Å². The fourth-order valence-electron chi connectivity index (χ4n) is 0.898. The summed E-state index contributed by atoms with van der Waals surface area (Å²) in [7, 11) is 3.52. The van der Waals surface area contributed by atoms with Crippen LogP contribution in [0.25, 0.3) is 0 Å². The van der Waals surface area contributed by atoms with Crippen LogP contribution >= 0.6 is 0 Å². The lowest BCUT2D eigenvalue weighted by molar-refractivity contribution is -0.883. The van der Waals surface area contributed by atoms with E-state index in [-0.39, 0.29) is 17.6 Å². The number of nitrogens with zero attached hydrogens (tertiary/aromatic N) is 1. The van der Waals surface area contributed by atoms with E-state index >= 15 is 0 Å². The maximum Gasteiger partial charge on any atom is 0.359 e. The van der Waals surface area contributed by atoms with Crippen molar-refractivity contribution in [3.8, 4) is 0 Å². The molecule has 0 saturated heterocycles. The highest BCUT2D eigenvalue weighted by molar-refractivity contribution is 5.81. The average Bonchev–Trinajstić information content (AvgIpc) is 2.01. The van der Waals surface area contributed by atoms with Crippen LogP contribution in [0.15, 0.2) is 12.7 Å². The monoisotopic (exact) mass is 202 g/mol. The summed E-state index contributed by atoms with van der Waals surface area (Å²) >= 11 is 0. The molecule has 0 aliphatic rings. The third kappa shape index (κ3) is 6.19. The van der Waals surface area contributed by atoms with Gasteiger partial charge >= 0.3 is 11.9 Å². The van der Waals surface area contributed by atoms with Gasteiger partial charge in [0.05, 0.1) is 14.1 Å². The fourth-order valence-corrected chi connectivity index (χ4v) is 0.898. The van der Waals surface area contributed by atoms with Crippen molar-refractivity contribution in [2.24, 2.45) is 0 Å². The number of quaternary nitrogens is 1. The minimum absolute atomic E-state index is 0.00560. The molecular weight excluding hydrogens is 186 g/mol. The Kier molecular flexibility index (Phi) is 4.86. The van der Waals surface area contributed by atoms with Gasteiger partial charge in [0.1, 0.15) is 13.2 Å². The van der Waals surface area contributed by atoms with Crippen molar-refractivity contribution >= 4 is 11.9 Å². The standard InChI is InChI=1S/C9H15NO4/c1-4-9(13)14-6-5-10(2,3)7-8(11)12/h4H,1,5-7H2,2-3H3/p+1. The molecule has 0 heterocycles. The van der Waals surface area contributed by atoms with Gasteiger partial charge in [-0.1, -0.05) is 6.58 Å². The van der Waals surface area contributed by atoms with E-state index < -0.39 is 11.9 Å². The number of carboxylic acids is 1. The Morgan fingerprint density at radius 2 is 2.07 bits per heavy atom. The summed E-state index contributed by atoms with van der Waals surface area (Å²) in [6.07, 6.45) is 1.08. The average molecular weight is 202 g/mol. The minimum atomic E-state index is -0.870. The SMILES string of the molecule is C=CC(=O)OCC[N+](C)(C)CC(=O)O. The molecule has 0 bridgehead atoms. The highest BCUT2D eigenvalue weighted by Crippen LogP contribution is 1.96. The molecule has 5 nitrogen and oxygen atoms in total. The molecule has 0 rings (SSSR count). The molecule has 0 unspecified atom stereocenters. The molecule has 0 aliphatic carbocycles. The number of carbonyl (C=O) groups excluding carboxylic acids is 1. The molecule has 14 heavy (non-hydrogen) atoms. The zero-order valence-corrected chi connectivity index (χ0v) is 8.52. The van der Waals surface area contributed by atoms with E-state index in [9.17, 15) is 9.59 Å². The Bertz CT molecular complexity index is 235. The number of aliphatic carboxylic acids is 1. The number of carboxylic acid groups (broad SMARTS) is 1. The molecule has 0 amide bonds. The first-order valence-electron chi connectivity index (χ1n) is 4.20. The number of likely N-dealkylation sites (N-methyl/N-ethyl adjacent to an activating group) is 1. The molecular formula is C9H16NO4+. The molecule has 0 aromatic rings. The van der Waals surface area contributed by atoms with Gasteiger partial charge in [0, 0.05) is 6.08 Å². The van der Waals surface area contributed by atoms with E-state index in [4.69, 9.17) is 9.84 Å². The van der Waals surface area contributed by atoms with Crippen LogP contribution < -0.4 is 0 Å². The fraction of sp³-hybridized carbons (Fsp3) is 0.556. The van der Waals surface area contributed by atoms with Gasteiger partial charge in [0.2, 0.25) is 0 Å². The Labute approximate surface area is 83.2 Å². The largest absolute Gasteiger partial charge is 0.477 e. The minimum Gasteiger partial charge on any atom is -0.477 e. The molecule has 80 valence electrons. The highest BCUT2D eigenvalue weighted by Gasteiger charge is 2.19. The molecule has 1 N–H and O–H groups in total. The summed E-state index contributed by atoms with van der Waals surface area (Å²) < 4.78 is 5.02. The van der Waals surface area contributed by atoms with Crippen LogP contribution in [0.4, 0.5) is 0 Å². The van der Waals surface area contributed by atoms with Crippen molar-refractivity contribution < 1.29 is 23.9 Å². The predicted octanol–water partition coefficient (Wildman–Crippen LogP) is -0.123. The van der Waals surface area contributed by atoms with Crippen LogP contribution in [0, 0.1) is 0 Å². The molecule has 0 aromatic carbocycles. The number of esters is 1. The first kappa shape index (κ1) is 12.6. The Balaban J connectivity index is 3.81. The van der Waals surface area contributed by atoms with Gasteiger partial charge in [-0.05, 0) is 0 Å². The van der Waals surface area contributed by atoms with Crippen LogP contribution in [-0.4, -0.2) is 55.3 Å². The summed E-state index contributed by atoms with van der Waals surface area (Å²) in [4.78, 5) is 21.1. The summed E-state index contributed by atoms with van der Waals surface area (Å²) in [5.41, 5.74) is 0. The number of carbonyl (C=O) groups is 2. The first-order valence-corrected chi connectivity index (χ1v) is 4.20. The molecule has 0 spiro atoms. The third-order valence-electron chi connectivity index (χ3n) is 1.67. The summed E-state index contributed by atoms with van der Waals surface area (Å²) in [5, 5.41) is 8.56. The van der Waals surface area contributed by atoms with Crippen molar-refractivity contribution in [3.05, 3.63) is 12.7 Å². The lowest BCUT2D eigenvalue weighted by Crippen LogP contribution is -2.46. The summed E-state index contributed by atoms with van der Waals surface area (Å²) in [6.45, 7) is 3.92. The van der Waals surface area contributed by atoms with Crippen molar-refractivity contribution in [1.29, 1.82) is 0 Å². The van der Waals surface area contributed by atoms with Crippen LogP contribution in [0.2, 0.25) is 0 Å². The van der Waals surface area contributed by atoms with E-state index in [2.05, 4.69) is 6.58 Å². The topological polar surface area (TPSA) is 63.6 Å². The van der Waals surface area contributed by atoms with E-state index in [0.29, 0.717) is 6.54 Å². The number of hydrogen-bond donors (Lipinski definition) is 1. The van der Waals surface area contributed by atoms with Gasteiger partial charge < -0.3 is 14.3 Å². The Morgan fingerprint density at radius 1 is 1.50 bits per heavy atom. The van der Waals surface area contributed by atoms with Crippen LogP contribution in [0.1, 0.15) is 0 Å². The van der Waals surface area contributed by atoms with Gasteiger partial charge in [0.15, 0.2) is 6.54 Å². The second kappa shape index (κ2) is 5.39. The molecule has 0 radical (unpaired) electrons. The summed E-state index contributed by atoms with van der Waals surface area (Å²) in [5.74, 6) is -1.36. The third-order valence-corrected chi connectivity index (χ3v) is 1.67. The molecule has 5 heteroatoms. The second-order valence-electron chi connectivity index (χ2n) is 3.58. The van der Waals surface area contributed by atoms with Crippen LogP contribution in [0.3, 0.4) is 0 Å². The molecule has 0 aliphatic heterocycles. The maximum atomic E-state index is 10.7. The number of hydrogen-bond acceptors (Lipinski definition) is 3.